The Kier molecular flexibility index (Phi) is 5.92. The lowest BCUT2D eigenvalue weighted by Gasteiger charge is -2.17. The highest BCUT2D eigenvalue weighted by Crippen LogP contribution is 2.20. The molecule has 0 heterocycles. The minimum absolute atomic E-state index is 0.205. The number of amides is 3. The topological polar surface area (TPSA) is 84.5 Å². The molecule has 0 fully saturated rings. The predicted molar refractivity (Wildman–Crippen MR) is 88.6 cm³/mol. The Bertz CT molecular complexity index is 749. The second-order valence-electron chi connectivity index (χ2n) is 4.77. The summed E-state index contributed by atoms with van der Waals surface area (Å²) >= 11 is 5.85. The molecule has 124 valence electrons. The van der Waals surface area contributed by atoms with Crippen molar-refractivity contribution < 1.29 is 19.1 Å². The third-order valence-corrected chi connectivity index (χ3v) is 3.32. The van der Waals surface area contributed by atoms with Crippen molar-refractivity contribution in [2.24, 2.45) is 0 Å². The molecule has 0 bridgehead atoms. The van der Waals surface area contributed by atoms with Gasteiger partial charge in [0.25, 0.3) is 5.91 Å². The number of urea groups is 1. The van der Waals surface area contributed by atoms with Crippen LogP contribution in [0.2, 0.25) is 5.02 Å². The normalized spacial score (nSPS) is 11.2. The number of ether oxygens (including phenoxy) is 1. The predicted octanol–water partition coefficient (Wildman–Crippen LogP) is 2.69. The number of carbonyl (C=O) groups excluding carboxylic acids is 3. The number of hydrogen-bond acceptors (Lipinski definition) is 4. The van der Waals surface area contributed by atoms with Crippen LogP contribution in [-0.2, 0) is 9.53 Å². The second-order valence-corrected chi connectivity index (χ2v) is 5.21. The molecule has 7 heteroatoms. The molecule has 2 aromatic rings. The largest absolute Gasteiger partial charge is 0.444 e. The fourth-order valence-electron chi connectivity index (χ4n) is 1.93. The van der Waals surface area contributed by atoms with Gasteiger partial charge in [-0.25, -0.2) is 9.59 Å². The van der Waals surface area contributed by atoms with Crippen molar-refractivity contribution in [2.75, 3.05) is 7.05 Å². The van der Waals surface area contributed by atoms with Gasteiger partial charge in [0, 0.05) is 17.6 Å². The van der Waals surface area contributed by atoms with Gasteiger partial charge in [-0.3, -0.25) is 10.1 Å². The number of halogens is 1. The van der Waals surface area contributed by atoms with E-state index in [4.69, 9.17) is 16.3 Å². The molecule has 0 aliphatic rings. The monoisotopic (exact) mass is 346 g/mol. The van der Waals surface area contributed by atoms with Gasteiger partial charge in [0.15, 0.2) is 0 Å². The first kappa shape index (κ1) is 17.5. The van der Waals surface area contributed by atoms with Crippen molar-refractivity contribution in [1.82, 2.24) is 10.6 Å². The molecule has 2 rings (SSSR count). The first-order chi connectivity index (χ1) is 11.5. The van der Waals surface area contributed by atoms with Crippen molar-refractivity contribution in [2.45, 2.75) is 6.10 Å². The summed E-state index contributed by atoms with van der Waals surface area (Å²) in [7, 11) is 1.37. The molecular weight excluding hydrogens is 332 g/mol. The Balaban J connectivity index is 2.24. The average molecular weight is 347 g/mol. The van der Waals surface area contributed by atoms with Gasteiger partial charge < -0.3 is 10.1 Å². The summed E-state index contributed by atoms with van der Waals surface area (Å²) in [6.45, 7) is 0. The lowest BCUT2D eigenvalue weighted by molar-refractivity contribution is -0.129. The van der Waals surface area contributed by atoms with Crippen molar-refractivity contribution in [3.05, 3.63) is 70.7 Å². The lowest BCUT2D eigenvalue weighted by Crippen LogP contribution is -2.41. The number of esters is 1. The zero-order chi connectivity index (χ0) is 17.5. The molecule has 0 aromatic heterocycles. The Morgan fingerprint density at radius 1 is 1.04 bits per heavy atom. The van der Waals surface area contributed by atoms with E-state index in [1.807, 2.05) is 0 Å². The van der Waals surface area contributed by atoms with Crippen LogP contribution in [-0.4, -0.2) is 25.0 Å². The van der Waals surface area contributed by atoms with E-state index in [1.54, 1.807) is 42.5 Å². The van der Waals surface area contributed by atoms with E-state index in [0.29, 0.717) is 10.6 Å². The fourth-order valence-corrected chi connectivity index (χ4v) is 2.12. The summed E-state index contributed by atoms with van der Waals surface area (Å²) in [5.74, 6) is -1.48. The molecule has 0 aliphatic heterocycles. The SMILES string of the molecule is CNC(=O)NC(=O)[C@H](OC(=O)c1cccc(Cl)c1)c1ccccc1. The molecular formula is C17H15ClN2O4. The third-order valence-electron chi connectivity index (χ3n) is 3.09. The van der Waals surface area contributed by atoms with Gasteiger partial charge in [0.05, 0.1) is 5.56 Å². The Hall–Kier alpha value is -2.86. The Morgan fingerprint density at radius 3 is 2.38 bits per heavy atom. The summed E-state index contributed by atoms with van der Waals surface area (Å²) in [6.07, 6.45) is -1.27. The smallest absolute Gasteiger partial charge is 0.339 e. The molecule has 2 N–H and O–H groups in total. The highest BCUT2D eigenvalue weighted by atomic mass is 35.5. The van der Waals surface area contributed by atoms with Crippen LogP contribution >= 0.6 is 11.6 Å². The van der Waals surface area contributed by atoms with E-state index < -0.39 is 24.0 Å². The van der Waals surface area contributed by atoms with Gasteiger partial charge in [0.1, 0.15) is 0 Å². The van der Waals surface area contributed by atoms with Gasteiger partial charge >= 0.3 is 12.0 Å². The summed E-state index contributed by atoms with van der Waals surface area (Å²) < 4.78 is 5.30. The first-order valence-corrected chi connectivity index (χ1v) is 7.43. The molecule has 24 heavy (non-hydrogen) atoms. The first-order valence-electron chi connectivity index (χ1n) is 7.05. The molecule has 3 amide bonds. The van der Waals surface area contributed by atoms with E-state index >= 15 is 0 Å². The molecule has 2 aromatic carbocycles. The summed E-state index contributed by atoms with van der Waals surface area (Å²) in [4.78, 5) is 35.9. The summed E-state index contributed by atoms with van der Waals surface area (Å²) in [5.41, 5.74) is 0.644. The zero-order valence-electron chi connectivity index (χ0n) is 12.8. The molecule has 0 aliphatic carbocycles. The number of nitrogens with one attached hydrogen (secondary N) is 2. The van der Waals surface area contributed by atoms with Gasteiger partial charge in [0.2, 0.25) is 6.10 Å². The number of hydrogen-bond donors (Lipinski definition) is 2. The maximum absolute atomic E-state index is 12.3. The molecule has 0 spiro atoms. The molecule has 0 radical (unpaired) electrons. The third kappa shape index (κ3) is 4.57. The van der Waals surface area contributed by atoms with Crippen LogP contribution in [0.4, 0.5) is 4.79 Å². The molecule has 0 saturated heterocycles. The van der Waals surface area contributed by atoms with Crippen LogP contribution in [0.5, 0.6) is 0 Å². The number of benzene rings is 2. The Labute approximate surface area is 143 Å². The summed E-state index contributed by atoms with van der Waals surface area (Å²) in [6, 6.07) is 13.9. The number of imide groups is 1. The molecule has 0 saturated carbocycles. The lowest BCUT2D eigenvalue weighted by atomic mass is 10.1. The van der Waals surface area contributed by atoms with E-state index in [-0.39, 0.29) is 5.56 Å². The van der Waals surface area contributed by atoms with Crippen molar-refractivity contribution in [1.29, 1.82) is 0 Å². The maximum Gasteiger partial charge on any atom is 0.339 e. The van der Waals surface area contributed by atoms with E-state index in [1.165, 1.54) is 19.2 Å². The fraction of sp³-hybridized carbons (Fsp3) is 0.118. The molecule has 0 unspecified atom stereocenters. The van der Waals surface area contributed by atoms with Gasteiger partial charge in [-0.1, -0.05) is 48.0 Å². The Morgan fingerprint density at radius 2 is 1.75 bits per heavy atom. The van der Waals surface area contributed by atoms with Crippen molar-refractivity contribution in [3.63, 3.8) is 0 Å². The number of carbonyl (C=O) groups is 3. The minimum Gasteiger partial charge on any atom is -0.444 e. The maximum atomic E-state index is 12.3. The highest BCUT2D eigenvalue weighted by molar-refractivity contribution is 6.30. The van der Waals surface area contributed by atoms with Crippen LogP contribution in [0.25, 0.3) is 0 Å². The molecule has 6 nitrogen and oxygen atoms in total. The van der Waals surface area contributed by atoms with Gasteiger partial charge in [-0.05, 0) is 18.2 Å². The van der Waals surface area contributed by atoms with Crippen LogP contribution in [0.15, 0.2) is 54.6 Å². The quantitative estimate of drug-likeness (QED) is 0.834. The van der Waals surface area contributed by atoms with E-state index in [0.717, 1.165) is 0 Å². The van der Waals surface area contributed by atoms with Crippen LogP contribution in [0, 0.1) is 0 Å². The van der Waals surface area contributed by atoms with Crippen LogP contribution in [0.1, 0.15) is 22.0 Å². The van der Waals surface area contributed by atoms with Crippen molar-refractivity contribution in [3.8, 4) is 0 Å². The van der Waals surface area contributed by atoms with Crippen molar-refractivity contribution >= 4 is 29.5 Å². The highest BCUT2D eigenvalue weighted by Gasteiger charge is 2.26. The van der Waals surface area contributed by atoms with Gasteiger partial charge in [-0.15, -0.1) is 0 Å². The van der Waals surface area contributed by atoms with Crippen LogP contribution in [0.3, 0.4) is 0 Å². The number of rotatable bonds is 4. The average Bonchev–Trinajstić information content (AvgIpc) is 2.59. The van der Waals surface area contributed by atoms with E-state index in [2.05, 4.69) is 10.6 Å². The van der Waals surface area contributed by atoms with E-state index in [9.17, 15) is 14.4 Å². The standard InChI is InChI=1S/C17H15ClN2O4/c1-19-17(23)20-15(21)14(11-6-3-2-4-7-11)24-16(22)12-8-5-9-13(18)10-12/h2-10,14H,1H3,(H2,19,20,21,23)/t14-/m1/s1. The van der Waals surface area contributed by atoms with Crippen LogP contribution < -0.4 is 10.6 Å². The second kappa shape index (κ2) is 8.12. The summed E-state index contributed by atoms with van der Waals surface area (Å²) in [5, 5.41) is 4.74. The zero-order valence-corrected chi connectivity index (χ0v) is 13.5. The van der Waals surface area contributed by atoms with Gasteiger partial charge in [-0.2, -0.15) is 0 Å². The molecule has 1 atom stereocenters. The minimum atomic E-state index is -1.27.